The van der Waals surface area contributed by atoms with E-state index in [9.17, 15) is 0 Å². The Balaban J connectivity index is 2.60. The number of hydrogen-bond acceptors (Lipinski definition) is 2. The van der Waals surface area contributed by atoms with Crippen LogP contribution >= 0.6 is 11.6 Å². The van der Waals surface area contributed by atoms with E-state index in [1.54, 1.807) is 0 Å². The van der Waals surface area contributed by atoms with Crippen molar-refractivity contribution >= 4 is 11.6 Å². The van der Waals surface area contributed by atoms with E-state index < -0.39 is 0 Å². The minimum absolute atomic E-state index is 0.383. The molecule has 17 heavy (non-hydrogen) atoms. The fraction of sp³-hybridized carbons (Fsp3) is 0.571. The van der Waals surface area contributed by atoms with Crippen LogP contribution < -0.4 is 5.73 Å². The molecule has 0 heterocycles. The molecular weight excluding hydrogens is 232 g/mol. The van der Waals surface area contributed by atoms with Gasteiger partial charge in [-0.25, -0.2) is 0 Å². The van der Waals surface area contributed by atoms with Crippen molar-refractivity contribution in [3.63, 3.8) is 0 Å². The first-order valence-corrected chi connectivity index (χ1v) is 6.58. The minimum Gasteiger partial charge on any atom is -0.330 e. The van der Waals surface area contributed by atoms with Gasteiger partial charge in [-0.15, -0.1) is 0 Å². The highest BCUT2D eigenvalue weighted by Gasteiger charge is 2.14. The van der Waals surface area contributed by atoms with E-state index in [2.05, 4.69) is 31.9 Å². The molecule has 0 aliphatic rings. The summed E-state index contributed by atoms with van der Waals surface area (Å²) in [4.78, 5) is 2.35. The first-order valence-electron chi connectivity index (χ1n) is 6.20. The lowest BCUT2D eigenvalue weighted by Gasteiger charge is -2.28. The van der Waals surface area contributed by atoms with E-state index in [-0.39, 0.29) is 0 Å². The first-order chi connectivity index (χ1) is 8.04. The van der Waals surface area contributed by atoms with E-state index in [0.717, 1.165) is 24.5 Å². The quantitative estimate of drug-likeness (QED) is 0.844. The molecule has 0 aromatic heterocycles. The van der Waals surface area contributed by atoms with Gasteiger partial charge in [0, 0.05) is 17.6 Å². The number of nitrogens with zero attached hydrogens (tertiary/aromatic N) is 1. The van der Waals surface area contributed by atoms with Crippen LogP contribution in [0.3, 0.4) is 0 Å². The van der Waals surface area contributed by atoms with Crippen molar-refractivity contribution < 1.29 is 0 Å². The standard InChI is InChI=1S/C14H23ClN2/c1-11(7-8-16)10-17(3)12(2)13-5-4-6-14(15)9-13/h4-6,9,11-12H,7-8,10,16H2,1-3H3. The molecule has 0 spiro atoms. The predicted molar refractivity (Wildman–Crippen MR) is 75.3 cm³/mol. The highest BCUT2D eigenvalue weighted by Crippen LogP contribution is 2.22. The maximum absolute atomic E-state index is 6.01. The second-order valence-corrected chi connectivity index (χ2v) is 5.29. The van der Waals surface area contributed by atoms with Crippen LogP contribution in [-0.4, -0.2) is 25.0 Å². The summed E-state index contributed by atoms with van der Waals surface area (Å²) in [5.74, 6) is 0.631. The molecule has 0 saturated carbocycles. The molecule has 96 valence electrons. The molecule has 0 fully saturated rings. The summed E-state index contributed by atoms with van der Waals surface area (Å²) >= 11 is 6.01. The number of nitrogens with two attached hydrogens (primary N) is 1. The Hall–Kier alpha value is -0.570. The largest absolute Gasteiger partial charge is 0.330 e. The van der Waals surface area contributed by atoms with Crippen LogP contribution in [0.1, 0.15) is 31.9 Å². The Morgan fingerprint density at radius 1 is 1.35 bits per heavy atom. The van der Waals surface area contributed by atoms with Crippen LogP contribution in [0.25, 0.3) is 0 Å². The molecule has 1 aromatic rings. The smallest absolute Gasteiger partial charge is 0.0409 e. The van der Waals surface area contributed by atoms with E-state index in [1.807, 2.05) is 18.2 Å². The second-order valence-electron chi connectivity index (χ2n) is 4.85. The zero-order valence-electron chi connectivity index (χ0n) is 11.0. The van der Waals surface area contributed by atoms with Crippen LogP contribution in [0, 0.1) is 5.92 Å². The molecule has 2 N–H and O–H groups in total. The van der Waals surface area contributed by atoms with Gasteiger partial charge >= 0.3 is 0 Å². The van der Waals surface area contributed by atoms with Gasteiger partial charge in [0.15, 0.2) is 0 Å². The first kappa shape index (κ1) is 14.5. The van der Waals surface area contributed by atoms with Crippen molar-refractivity contribution in [2.75, 3.05) is 20.1 Å². The topological polar surface area (TPSA) is 29.3 Å². The molecule has 0 radical (unpaired) electrons. The van der Waals surface area contributed by atoms with Gasteiger partial charge in [0.25, 0.3) is 0 Å². The third-order valence-corrected chi connectivity index (χ3v) is 3.49. The average molecular weight is 255 g/mol. The molecule has 2 nitrogen and oxygen atoms in total. The number of halogens is 1. The van der Waals surface area contributed by atoms with Gasteiger partial charge in [-0.05, 0) is 50.6 Å². The molecule has 0 bridgehead atoms. The van der Waals surface area contributed by atoms with Crippen molar-refractivity contribution in [2.24, 2.45) is 11.7 Å². The van der Waals surface area contributed by atoms with Crippen molar-refractivity contribution in [3.05, 3.63) is 34.9 Å². The molecule has 0 amide bonds. The molecule has 3 heteroatoms. The van der Waals surface area contributed by atoms with Gasteiger partial charge in [-0.1, -0.05) is 30.7 Å². The second kappa shape index (κ2) is 7.00. The Kier molecular flexibility index (Phi) is 5.96. The minimum atomic E-state index is 0.383. The third-order valence-electron chi connectivity index (χ3n) is 3.25. The van der Waals surface area contributed by atoms with Crippen molar-refractivity contribution in [1.29, 1.82) is 0 Å². The summed E-state index contributed by atoms with van der Waals surface area (Å²) in [5, 5.41) is 0.803. The summed E-state index contributed by atoms with van der Waals surface area (Å²) in [6.45, 7) is 6.28. The van der Waals surface area contributed by atoms with E-state index in [4.69, 9.17) is 17.3 Å². The number of rotatable bonds is 6. The molecule has 1 aromatic carbocycles. The van der Waals surface area contributed by atoms with Crippen molar-refractivity contribution in [3.8, 4) is 0 Å². The molecule has 2 unspecified atom stereocenters. The molecule has 2 atom stereocenters. The fourth-order valence-corrected chi connectivity index (χ4v) is 2.25. The molecule has 1 rings (SSSR count). The molecular formula is C14H23ClN2. The highest BCUT2D eigenvalue weighted by atomic mass is 35.5. The monoisotopic (exact) mass is 254 g/mol. The van der Waals surface area contributed by atoms with Crippen molar-refractivity contribution in [1.82, 2.24) is 4.90 Å². The Bertz CT molecular complexity index is 341. The van der Waals surface area contributed by atoms with Crippen LogP contribution in [0.2, 0.25) is 5.02 Å². The number of hydrogen-bond donors (Lipinski definition) is 1. The Morgan fingerprint density at radius 3 is 2.65 bits per heavy atom. The SMILES string of the molecule is CC(CCN)CN(C)C(C)c1cccc(Cl)c1. The van der Waals surface area contributed by atoms with Gasteiger partial charge in [-0.2, -0.15) is 0 Å². The lowest BCUT2D eigenvalue weighted by molar-refractivity contribution is 0.222. The Morgan fingerprint density at radius 2 is 2.06 bits per heavy atom. The summed E-state index contributed by atoms with van der Waals surface area (Å²) in [6.07, 6.45) is 1.08. The summed E-state index contributed by atoms with van der Waals surface area (Å²) in [7, 11) is 2.15. The van der Waals surface area contributed by atoms with Gasteiger partial charge < -0.3 is 5.73 Å². The van der Waals surface area contributed by atoms with Crippen molar-refractivity contribution in [2.45, 2.75) is 26.3 Å². The van der Waals surface area contributed by atoms with Crippen LogP contribution in [0.5, 0.6) is 0 Å². The third kappa shape index (κ3) is 4.66. The van der Waals surface area contributed by atoms with Gasteiger partial charge in [-0.3, -0.25) is 4.90 Å². The maximum atomic E-state index is 6.01. The van der Waals surface area contributed by atoms with E-state index in [1.165, 1.54) is 5.56 Å². The van der Waals surface area contributed by atoms with E-state index in [0.29, 0.717) is 12.0 Å². The van der Waals surface area contributed by atoms with Crippen LogP contribution in [-0.2, 0) is 0 Å². The summed E-state index contributed by atoms with van der Waals surface area (Å²) in [6, 6.07) is 8.46. The normalized spacial score (nSPS) is 14.9. The maximum Gasteiger partial charge on any atom is 0.0409 e. The molecule has 0 aliphatic carbocycles. The molecule has 0 saturated heterocycles. The zero-order valence-corrected chi connectivity index (χ0v) is 11.7. The zero-order chi connectivity index (χ0) is 12.8. The highest BCUT2D eigenvalue weighted by molar-refractivity contribution is 6.30. The van der Waals surface area contributed by atoms with E-state index >= 15 is 0 Å². The molecule has 0 aliphatic heterocycles. The Labute approximate surface area is 110 Å². The van der Waals surface area contributed by atoms with Gasteiger partial charge in [0.05, 0.1) is 0 Å². The predicted octanol–water partition coefficient (Wildman–Crippen LogP) is 3.32. The number of benzene rings is 1. The van der Waals surface area contributed by atoms with Gasteiger partial charge in [0.1, 0.15) is 0 Å². The lowest BCUT2D eigenvalue weighted by atomic mass is 10.0. The lowest BCUT2D eigenvalue weighted by Crippen LogP contribution is -2.28. The van der Waals surface area contributed by atoms with Crippen LogP contribution in [0.15, 0.2) is 24.3 Å². The van der Waals surface area contributed by atoms with Crippen LogP contribution in [0.4, 0.5) is 0 Å². The van der Waals surface area contributed by atoms with Gasteiger partial charge in [0.2, 0.25) is 0 Å². The fourth-order valence-electron chi connectivity index (χ4n) is 2.05. The summed E-state index contributed by atoms with van der Waals surface area (Å²) in [5.41, 5.74) is 6.84. The summed E-state index contributed by atoms with van der Waals surface area (Å²) < 4.78 is 0. The average Bonchev–Trinajstić information content (AvgIpc) is 2.28.